The van der Waals surface area contributed by atoms with Crippen LogP contribution in [0.2, 0.25) is 0 Å². The number of H-pyrrole nitrogens is 2. The number of aromatic hydroxyl groups is 1. The molecule has 21 heavy (non-hydrogen) atoms. The normalized spacial score (nSPS) is 10.7. The topological polar surface area (TPSA) is 108 Å². The van der Waals surface area contributed by atoms with Gasteiger partial charge in [0.1, 0.15) is 11.4 Å². The first-order valence-electron chi connectivity index (χ1n) is 6.09. The number of pyridine rings is 1. The summed E-state index contributed by atoms with van der Waals surface area (Å²) in [6, 6.07) is 6.83. The van der Waals surface area contributed by atoms with Crippen LogP contribution < -0.4 is 15.9 Å². The van der Waals surface area contributed by atoms with E-state index in [4.69, 9.17) is 4.74 Å². The summed E-state index contributed by atoms with van der Waals surface area (Å²) in [6.07, 6.45) is 1.27. The molecule has 3 aromatic rings. The summed E-state index contributed by atoms with van der Waals surface area (Å²) in [4.78, 5) is 27.5. The number of rotatable bonds is 2. The summed E-state index contributed by atoms with van der Waals surface area (Å²) in [5.41, 5.74) is -0.274. The Labute approximate surface area is 117 Å². The van der Waals surface area contributed by atoms with Crippen LogP contribution in [0.5, 0.6) is 11.5 Å². The molecule has 0 spiro atoms. The lowest BCUT2D eigenvalue weighted by Gasteiger charge is -2.07. The van der Waals surface area contributed by atoms with Crippen LogP contribution in [0.1, 0.15) is 0 Å². The maximum Gasteiger partial charge on any atom is 0.274 e. The Hall–Kier alpha value is -3.09. The Kier molecular flexibility index (Phi) is 2.94. The smallest absolute Gasteiger partial charge is 0.274 e. The molecule has 106 valence electrons. The number of nitrogens with one attached hydrogen (secondary N) is 2. The molecular weight excluding hydrogens is 274 g/mol. The van der Waals surface area contributed by atoms with Gasteiger partial charge in [0, 0.05) is 11.8 Å². The van der Waals surface area contributed by atoms with Crippen LogP contribution >= 0.6 is 0 Å². The monoisotopic (exact) mass is 285 g/mol. The van der Waals surface area contributed by atoms with Gasteiger partial charge in [-0.2, -0.15) is 0 Å². The van der Waals surface area contributed by atoms with E-state index in [2.05, 4.69) is 15.2 Å². The van der Waals surface area contributed by atoms with Crippen LogP contribution in [0.3, 0.4) is 0 Å². The van der Waals surface area contributed by atoms with Gasteiger partial charge in [-0.1, -0.05) is 0 Å². The summed E-state index contributed by atoms with van der Waals surface area (Å²) in [5, 5.41) is 14.6. The zero-order chi connectivity index (χ0) is 15.0. The second-order valence-electron chi connectivity index (χ2n) is 4.38. The average Bonchev–Trinajstić information content (AvgIpc) is 2.51. The Bertz CT molecular complexity index is 926. The number of benzene rings is 1. The van der Waals surface area contributed by atoms with E-state index in [9.17, 15) is 14.7 Å². The first-order chi connectivity index (χ1) is 10.1. The van der Waals surface area contributed by atoms with Gasteiger partial charge in [0.05, 0.1) is 17.9 Å². The maximum absolute atomic E-state index is 11.8. The molecule has 0 aliphatic carbocycles. The minimum absolute atomic E-state index is 0.0357. The number of aromatic amines is 2. The molecule has 0 saturated heterocycles. The predicted octanol–water partition coefficient (Wildman–Crippen LogP) is 0.993. The van der Waals surface area contributed by atoms with E-state index in [1.165, 1.54) is 6.20 Å². The van der Waals surface area contributed by atoms with E-state index < -0.39 is 11.1 Å². The number of nitrogens with zero attached hydrogens (tertiary/aromatic N) is 1. The second-order valence-corrected chi connectivity index (χ2v) is 4.38. The third kappa shape index (κ3) is 2.04. The molecule has 3 N–H and O–H groups in total. The lowest BCUT2D eigenvalue weighted by Crippen LogP contribution is -2.19. The molecule has 0 fully saturated rings. The van der Waals surface area contributed by atoms with Crippen molar-refractivity contribution in [2.75, 3.05) is 7.11 Å². The van der Waals surface area contributed by atoms with Crippen molar-refractivity contribution in [1.29, 1.82) is 0 Å². The van der Waals surface area contributed by atoms with E-state index in [-0.39, 0.29) is 22.2 Å². The van der Waals surface area contributed by atoms with Gasteiger partial charge in [0.15, 0.2) is 5.75 Å². The average molecular weight is 285 g/mol. The van der Waals surface area contributed by atoms with Crippen LogP contribution in [0.15, 0.2) is 40.1 Å². The van der Waals surface area contributed by atoms with Crippen molar-refractivity contribution in [2.24, 2.45) is 0 Å². The maximum atomic E-state index is 11.8. The molecule has 0 amide bonds. The molecule has 0 atom stereocenters. The molecule has 0 saturated carbocycles. The number of hydrogen-bond donors (Lipinski definition) is 3. The van der Waals surface area contributed by atoms with Gasteiger partial charge >= 0.3 is 0 Å². The summed E-state index contributed by atoms with van der Waals surface area (Å²) in [5.74, 6) is 0.332. The summed E-state index contributed by atoms with van der Waals surface area (Å²) in [6.45, 7) is 0. The highest BCUT2D eigenvalue weighted by Crippen LogP contribution is 2.31. The summed E-state index contributed by atoms with van der Waals surface area (Å²) in [7, 11) is 1.55. The van der Waals surface area contributed by atoms with Crippen molar-refractivity contribution < 1.29 is 9.84 Å². The largest absolute Gasteiger partial charge is 0.505 e. The molecule has 0 unspecified atom stereocenters. The number of fused-ring (bicyclic) bond motifs is 1. The molecule has 3 rings (SSSR count). The lowest BCUT2D eigenvalue weighted by atomic mass is 10.1. The molecule has 7 nitrogen and oxygen atoms in total. The van der Waals surface area contributed by atoms with Gasteiger partial charge in [0.25, 0.3) is 11.1 Å². The highest BCUT2D eigenvalue weighted by atomic mass is 16.5. The predicted molar refractivity (Wildman–Crippen MR) is 76.6 cm³/mol. The van der Waals surface area contributed by atoms with Crippen molar-refractivity contribution in [3.05, 3.63) is 51.2 Å². The zero-order valence-corrected chi connectivity index (χ0v) is 11.0. The third-order valence-electron chi connectivity index (χ3n) is 3.18. The lowest BCUT2D eigenvalue weighted by molar-refractivity contribution is 0.415. The van der Waals surface area contributed by atoms with E-state index >= 15 is 0 Å². The molecule has 2 aromatic heterocycles. The van der Waals surface area contributed by atoms with Gasteiger partial charge in [-0.3, -0.25) is 24.8 Å². The fourth-order valence-electron chi connectivity index (χ4n) is 2.11. The van der Waals surface area contributed by atoms with Crippen LogP contribution in [-0.2, 0) is 0 Å². The number of methoxy groups -OCH3 is 1. The highest BCUT2D eigenvalue weighted by molar-refractivity contribution is 5.91. The molecule has 0 radical (unpaired) electrons. The van der Waals surface area contributed by atoms with Gasteiger partial charge in [0.2, 0.25) is 0 Å². The number of hydrogen-bond acceptors (Lipinski definition) is 5. The van der Waals surface area contributed by atoms with Gasteiger partial charge in [-0.25, -0.2) is 0 Å². The van der Waals surface area contributed by atoms with E-state index in [1.807, 2.05) is 0 Å². The van der Waals surface area contributed by atoms with E-state index in [1.54, 1.807) is 31.4 Å². The molecule has 2 heterocycles. The van der Waals surface area contributed by atoms with Gasteiger partial charge < -0.3 is 9.84 Å². The highest BCUT2D eigenvalue weighted by Gasteiger charge is 2.15. The van der Waals surface area contributed by atoms with Crippen LogP contribution in [-0.4, -0.2) is 27.4 Å². The minimum atomic E-state index is -0.584. The van der Waals surface area contributed by atoms with Crippen LogP contribution in [0.25, 0.3) is 22.0 Å². The number of ether oxygens (including phenoxy) is 1. The van der Waals surface area contributed by atoms with Crippen molar-refractivity contribution in [3.63, 3.8) is 0 Å². The first kappa shape index (κ1) is 12.9. The summed E-state index contributed by atoms with van der Waals surface area (Å²) < 4.78 is 5.06. The fourth-order valence-corrected chi connectivity index (χ4v) is 2.11. The van der Waals surface area contributed by atoms with Crippen LogP contribution in [0, 0.1) is 0 Å². The van der Waals surface area contributed by atoms with Gasteiger partial charge in [-0.05, 0) is 24.3 Å². The Balaban J connectivity index is 2.29. The van der Waals surface area contributed by atoms with E-state index in [0.29, 0.717) is 11.3 Å². The molecule has 0 aliphatic rings. The molecular formula is C14H11N3O4. The van der Waals surface area contributed by atoms with Gasteiger partial charge in [-0.15, -0.1) is 0 Å². The molecule has 7 heteroatoms. The van der Waals surface area contributed by atoms with E-state index in [0.717, 1.165) is 0 Å². The second kappa shape index (κ2) is 4.78. The first-order valence-corrected chi connectivity index (χ1v) is 6.09. The van der Waals surface area contributed by atoms with Crippen molar-refractivity contribution in [3.8, 4) is 22.8 Å². The Morgan fingerprint density at radius 1 is 1.10 bits per heavy atom. The third-order valence-corrected chi connectivity index (χ3v) is 3.18. The SMILES string of the molecule is COc1ccc(-c2ncc3c(=O)[nH][nH]c(=O)c3c2O)cc1. The van der Waals surface area contributed by atoms with Crippen LogP contribution in [0.4, 0.5) is 0 Å². The Morgan fingerprint density at radius 3 is 2.43 bits per heavy atom. The summed E-state index contributed by atoms with van der Waals surface area (Å²) >= 11 is 0. The Morgan fingerprint density at radius 2 is 1.76 bits per heavy atom. The minimum Gasteiger partial charge on any atom is -0.505 e. The standard InChI is InChI=1S/C14H11N3O4/c1-21-8-4-2-7(3-5-8)11-12(18)10-9(6-15-11)13(19)16-17-14(10)20/h2-6,18H,1H3,(H,16,19)(H,17,20). The molecule has 0 aliphatic heterocycles. The van der Waals surface area contributed by atoms with Crippen molar-refractivity contribution >= 4 is 10.8 Å². The molecule has 1 aromatic carbocycles. The zero-order valence-electron chi connectivity index (χ0n) is 11.0. The van der Waals surface area contributed by atoms with Crippen molar-refractivity contribution in [1.82, 2.24) is 15.2 Å². The number of aromatic nitrogens is 3. The molecule has 0 bridgehead atoms. The quantitative estimate of drug-likeness (QED) is 0.650. The van der Waals surface area contributed by atoms with Crippen molar-refractivity contribution in [2.45, 2.75) is 0 Å². The fraction of sp³-hybridized carbons (Fsp3) is 0.0714.